The smallest absolute Gasteiger partial charge is 0.292 e. The summed E-state index contributed by atoms with van der Waals surface area (Å²) < 4.78 is 65.7. The van der Waals surface area contributed by atoms with Crippen molar-refractivity contribution in [2.75, 3.05) is 5.32 Å². The van der Waals surface area contributed by atoms with Crippen LogP contribution in [0.1, 0.15) is 27.2 Å². The second-order valence-electron chi connectivity index (χ2n) is 6.86. The highest BCUT2D eigenvalue weighted by Crippen LogP contribution is 2.33. The summed E-state index contributed by atoms with van der Waals surface area (Å²) in [5, 5.41) is 4.11. The molecule has 0 spiro atoms. The number of hydrogen-bond acceptors (Lipinski definition) is 3. The van der Waals surface area contributed by atoms with E-state index in [0.29, 0.717) is 22.4 Å². The molecule has 5 nitrogen and oxygen atoms in total. The fourth-order valence-electron chi connectivity index (χ4n) is 3.19. The zero-order chi connectivity index (χ0) is 23.6. The molecule has 0 bridgehead atoms. The number of imide groups is 1. The van der Waals surface area contributed by atoms with E-state index in [2.05, 4.69) is 10.3 Å². The molecule has 1 heterocycles. The maximum absolute atomic E-state index is 13.7. The van der Waals surface area contributed by atoms with E-state index in [1.54, 1.807) is 13.8 Å². The quantitative estimate of drug-likeness (QED) is 0.510. The third kappa shape index (κ3) is 4.90. The Bertz CT molecular complexity index is 1150. The average Bonchev–Trinajstić information content (AvgIpc) is 2.67. The van der Waals surface area contributed by atoms with Crippen LogP contribution in [0.3, 0.4) is 0 Å². The van der Waals surface area contributed by atoms with Gasteiger partial charge in [-0.05, 0) is 55.3 Å². The van der Waals surface area contributed by atoms with Crippen molar-refractivity contribution < 1.29 is 31.5 Å². The van der Waals surface area contributed by atoms with Crippen LogP contribution in [-0.2, 0) is 6.18 Å². The lowest BCUT2D eigenvalue weighted by Gasteiger charge is -2.14. The first kappa shape index (κ1) is 22.9. The highest BCUT2D eigenvalue weighted by atomic mass is 19.4. The van der Waals surface area contributed by atoms with Gasteiger partial charge in [-0.25, -0.2) is 18.6 Å². The van der Waals surface area contributed by atoms with E-state index in [0.717, 1.165) is 30.3 Å². The van der Waals surface area contributed by atoms with Crippen LogP contribution < -0.4 is 10.6 Å². The minimum Gasteiger partial charge on any atom is -0.292 e. The van der Waals surface area contributed by atoms with Gasteiger partial charge >= 0.3 is 12.2 Å². The van der Waals surface area contributed by atoms with Crippen LogP contribution in [0.2, 0.25) is 0 Å². The molecule has 0 saturated heterocycles. The Morgan fingerprint density at radius 2 is 1.53 bits per heavy atom. The van der Waals surface area contributed by atoms with Crippen molar-refractivity contribution in [3.63, 3.8) is 0 Å². The van der Waals surface area contributed by atoms with Crippen LogP contribution in [-0.4, -0.2) is 16.9 Å². The summed E-state index contributed by atoms with van der Waals surface area (Å²) in [4.78, 5) is 28.3. The summed E-state index contributed by atoms with van der Waals surface area (Å²) >= 11 is 0. The maximum Gasteiger partial charge on any atom is 0.416 e. The average molecular weight is 449 g/mol. The van der Waals surface area contributed by atoms with E-state index in [4.69, 9.17) is 0 Å². The summed E-state index contributed by atoms with van der Waals surface area (Å²) in [5.41, 5.74) is 0.400. The van der Waals surface area contributed by atoms with Crippen molar-refractivity contribution in [3.05, 3.63) is 82.5 Å². The molecule has 2 N–H and O–H groups in total. The molecule has 0 fully saturated rings. The molecule has 0 radical (unpaired) electrons. The number of urea groups is 1. The van der Waals surface area contributed by atoms with Gasteiger partial charge in [0, 0.05) is 11.3 Å². The predicted molar refractivity (Wildman–Crippen MR) is 107 cm³/mol. The van der Waals surface area contributed by atoms with Gasteiger partial charge in [-0.2, -0.15) is 13.2 Å². The van der Waals surface area contributed by atoms with Crippen LogP contribution in [0.25, 0.3) is 11.1 Å². The molecule has 2 aromatic carbocycles. The van der Waals surface area contributed by atoms with Gasteiger partial charge in [0.25, 0.3) is 5.91 Å². The highest BCUT2D eigenvalue weighted by molar-refractivity contribution is 6.08. The standard InChI is InChI=1S/C22H16F5N3O2/c1-11-10-17(29-21(32)30-20(31)19-15(23)4-3-5-16(19)24)28-12(2)18(11)13-6-8-14(9-7-13)22(25,26)27/h3-10H,1-2H3,(H2,28,29,30,31,32). The van der Waals surface area contributed by atoms with Gasteiger partial charge in [-0.1, -0.05) is 18.2 Å². The molecule has 32 heavy (non-hydrogen) atoms. The van der Waals surface area contributed by atoms with Crippen molar-refractivity contribution in [3.8, 4) is 11.1 Å². The third-order valence-electron chi connectivity index (χ3n) is 4.56. The molecule has 0 unspecified atom stereocenters. The number of aryl methyl sites for hydroxylation is 2. The van der Waals surface area contributed by atoms with Crippen LogP contribution in [0.15, 0.2) is 48.5 Å². The number of nitrogens with one attached hydrogen (secondary N) is 2. The molecule has 166 valence electrons. The van der Waals surface area contributed by atoms with Crippen LogP contribution in [0.4, 0.5) is 32.6 Å². The minimum absolute atomic E-state index is 0.0370. The van der Waals surface area contributed by atoms with Crippen LogP contribution in [0.5, 0.6) is 0 Å². The number of anilines is 1. The minimum atomic E-state index is -4.45. The number of pyridine rings is 1. The number of nitrogens with zero attached hydrogens (tertiary/aromatic N) is 1. The van der Waals surface area contributed by atoms with Gasteiger partial charge in [0.2, 0.25) is 0 Å². The van der Waals surface area contributed by atoms with Crippen molar-refractivity contribution in [1.29, 1.82) is 0 Å². The first-order valence-electron chi connectivity index (χ1n) is 9.19. The first-order valence-corrected chi connectivity index (χ1v) is 9.19. The van der Waals surface area contributed by atoms with E-state index in [1.807, 2.05) is 5.32 Å². The van der Waals surface area contributed by atoms with Gasteiger partial charge in [0.1, 0.15) is 23.0 Å². The van der Waals surface area contributed by atoms with Crippen molar-refractivity contribution in [2.24, 2.45) is 0 Å². The Hall–Kier alpha value is -3.82. The van der Waals surface area contributed by atoms with E-state index in [9.17, 15) is 31.5 Å². The zero-order valence-electron chi connectivity index (χ0n) is 16.8. The lowest BCUT2D eigenvalue weighted by atomic mass is 9.98. The first-order chi connectivity index (χ1) is 15.0. The molecule has 0 saturated carbocycles. The second-order valence-corrected chi connectivity index (χ2v) is 6.86. The SMILES string of the molecule is Cc1cc(NC(=O)NC(=O)c2c(F)cccc2F)nc(C)c1-c1ccc(C(F)(F)F)cc1. The van der Waals surface area contributed by atoms with E-state index in [-0.39, 0.29) is 5.82 Å². The fourth-order valence-corrected chi connectivity index (χ4v) is 3.19. The highest BCUT2D eigenvalue weighted by Gasteiger charge is 2.30. The summed E-state index contributed by atoms with van der Waals surface area (Å²) in [6.07, 6.45) is -4.45. The molecule has 3 aromatic rings. The van der Waals surface area contributed by atoms with Gasteiger partial charge in [-0.15, -0.1) is 0 Å². The lowest BCUT2D eigenvalue weighted by molar-refractivity contribution is -0.137. The van der Waals surface area contributed by atoms with Crippen LogP contribution >= 0.6 is 0 Å². The number of halogens is 5. The summed E-state index contributed by atoms with van der Waals surface area (Å²) in [6.45, 7) is 3.27. The topological polar surface area (TPSA) is 71.1 Å². The Kier molecular flexibility index (Phi) is 6.24. The second kappa shape index (κ2) is 8.74. The van der Waals surface area contributed by atoms with Crippen molar-refractivity contribution in [1.82, 2.24) is 10.3 Å². The Labute approximate surface area is 179 Å². The maximum atomic E-state index is 13.7. The normalized spacial score (nSPS) is 11.2. The summed E-state index contributed by atoms with van der Waals surface area (Å²) in [7, 11) is 0. The lowest BCUT2D eigenvalue weighted by Crippen LogP contribution is -2.35. The number of amides is 3. The number of rotatable bonds is 3. The van der Waals surface area contributed by atoms with Crippen LogP contribution in [0, 0.1) is 25.5 Å². The Balaban J connectivity index is 1.78. The molecule has 10 heteroatoms. The Morgan fingerprint density at radius 1 is 0.938 bits per heavy atom. The largest absolute Gasteiger partial charge is 0.416 e. The monoisotopic (exact) mass is 449 g/mol. The van der Waals surface area contributed by atoms with Gasteiger partial charge in [0.15, 0.2) is 0 Å². The third-order valence-corrected chi connectivity index (χ3v) is 4.56. The van der Waals surface area contributed by atoms with E-state index in [1.165, 1.54) is 18.2 Å². The molecule has 0 atom stereocenters. The zero-order valence-corrected chi connectivity index (χ0v) is 16.8. The molecule has 1 aromatic heterocycles. The number of aromatic nitrogens is 1. The Morgan fingerprint density at radius 3 is 2.06 bits per heavy atom. The van der Waals surface area contributed by atoms with E-state index >= 15 is 0 Å². The number of alkyl halides is 3. The predicted octanol–water partition coefficient (Wildman–Crippen LogP) is 5.62. The van der Waals surface area contributed by atoms with Gasteiger partial charge < -0.3 is 0 Å². The molecule has 3 rings (SSSR count). The van der Waals surface area contributed by atoms with E-state index < -0.39 is 40.9 Å². The number of carbonyl (C=O) groups excluding carboxylic acids is 2. The summed E-state index contributed by atoms with van der Waals surface area (Å²) in [5.74, 6) is -3.48. The molecular weight excluding hydrogens is 433 g/mol. The van der Waals surface area contributed by atoms with Crippen molar-refractivity contribution in [2.45, 2.75) is 20.0 Å². The number of benzene rings is 2. The summed E-state index contributed by atoms with van der Waals surface area (Å²) in [6, 6.07) is 7.79. The van der Waals surface area contributed by atoms with Gasteiger partial charge in [0.05, 0.1) is 5.56 Å². The molecular formula is C22H16F5N3O2. The van der Waals surface area contributed by atoms with Crippen molar-refractivity contribution >= 4 is 17.8 Å². The molecule has 0 aliphatic heterocycles. The number of carbonyl (C=O) groups is 2. The molecule has 3 amide bonds. The molecule has 0 aliphatic carbocycles. The fraction of sp³-hybridized carbons (Fsp3) is 0.136. The molecule has 0 aliphatic rings. The number of hydrogen-bond donors (Lipinski definition) is 2. The van der Waals surface area contributed by atoms with Gasteiger partial charge in [-0.3, -0.25) is 15.4 Å².